The molecule has 2 atom stereocenters. The topological polar surface area (TPSA) is 92.2 Å². The summed E-state index contributed by atoms with van der Waals surface area (Å²) in [5, 5.41) is 10.8. The van der Waals surface area contributed by atoms with Crippen LogP contribution in [0.2, 0.25) is 0 Å². The van der Waals surface area contributed by atoms with Gasteiger partial charge in [-0.05, 0) is 56.1 Å². The molecule has 2 aromatic rings. The fourth-order valence-corrected chi connectivity index (χ4v) is 5.07. The second kappa shape index (κ2) is 9.08. The molecule has 8 heteroatoms. The predicted octanol–water partition coefficient (Wildman–Crippen LogP) is 2.32. The number of pyridine rings is 1. The molecule has 0 aliphatic heterocycles. The zero-order valence-electron chi connectivity index (χ0n) is 18.6. The van der Waals surface area contributed by atoms with Crippen LogP contribution in [0.1, 0.15) is 43.2 Å². The highest BCUT2D eigenvalue weighted by Crippen LogP contribution is 2.43. The molecule has 2 aliphatic carbocycles. The van der Waals surface area contributed by atoms with Gasteiger partial charge in [-0.15, -0.1) is 0 Å². The van der Waals surface area contributed by atoms with Crippen LogP contribution in [0.3, 0.4) is 0 Å². The van der Waals surface area contributed by atoms with Crippen molar-refractivity contribution in [1.82, 2.24) is 20.1 Å². The van der Waals surface area contributed by atoms with Gasteiger partial charge in [-0.3, -0.25) is 14.6 Å². The Morgan fingerprint density at radius 1 is 1.19 bits per heavy atom. The summed E-state index contributed by atoms with van der Waals surface area (Å²) in [4.78, 5) is 31.4. The molecule has 0 spiro atoms. The minimum Gasteiger partial charge on any atom is -0.380 e. The third kappa shape index (κ3) is 4.57. The number of carbonyl (C=O) groups is 1. The van der Waals surface area contributed by atoms with Crippen molar-refractivity contribution < 1.29 is 4.79 Å². The molecule has 2 bridgehead atoms. The van der Waals surface area contributed by atoms with E-state index in [-0.39, 0.29) is 18.0 Å². The number of hydrogen-bond donors (Lipinski definition) is 2. The number of carbonyl (C=O) groups excluding carboxylic acids is 1. The summed E-state index contributed by atoms with van der Waals surface area (Å²) < 4.78 is 1.24. The maximum Gasteiger partial charge on any atom is 0.272 e. The lowest BCUT2D eigenvalue weighted by molar-refractivity contribution is -0.122. The van der Waals surface area contributed by atoms with Gasteiger partial charge in [-0.25, -0.2) is 4.68 Å². The Labute approximate surface area is 183 Å². The normalized spacial score (nSPS) is 22.2. The molecule has 2 heterocycles. The number of anilines is 2. The largest absolute Gasteiger partial charge is 0.380 e. The maximum absolute atomic E-state index is 12.8. The molecule has 166 valence electrons. The lowest BCUT2D eigenvalue weighted by Gasteiger charge is -2.32. The lowest BCUT2D eigenvalue weighted by atomic mass is 9.84. The van der Waals surface area contributed by atoms with Gasteiger partial charge in [-0.2, -0.15) is 5.10 Å². The standard InChI is InChI=1S/C23H32N6O2/c1-15-19(27-22-16-5-4-6-17(22)8-7-16)12-26-29(23(15)31)14-21(30)25-11-18-9-10-24-13-20(18)28(2)3/h9-10,12-13,16-17,22,27H,4-8,11,14H2,1-3H3,(H,25,30). The van der Waals surface area contributed by atoms with Crippen molar-refractivity contribution >= 4 is 17.3 Å². The van der Waals surface area contributed by atoms with E-state index in [2.05, 4.69) is 20.7 Å². The van der Waals surface area contributed by atoms with Crippen LogP contribution in [0.5, 0.6) is 0 Å². The molecule has 2 aromatic heterocycles. The highest BCUT2D eigenvalue weighted by atomic mass is 16.2. The number of nitrogens with zero attached hydrogens (tertiary/aromatic N) is 4. The van der Waals surface area contributed by atoms with E-state index in [1.54, 1.807) is 18.6 Å². The number of aromatic nitrogens is 3. The zero-order chi connectivity index (χ0) is 22.0. The number of amides is 1. The van der Waals surface area contributed by atoms with Gasteiger partial charge in [0.25, 0.3) is 5.56 Å². The Balaban J connectivity index is 1.40. The van der Waals surface area contributed by atoms with E-state index in [9.17, 15) is 9.59 Å². The van der Waals surface area contributed by atoms with Gasteiger partial charge in [0.15, 0.2) is 0 Å². The van der Waals surface area contributed by atoms with E-state index in [4.69, 9.17) is 0 Å². The van der Waals surface area contributed by atoms with Gasteiger partial charge in [-0.1, -0.05) is 6.42 Å². The van der Waals surface area contributed by atoms with E-state index in [1.165, 1.54) is 36.8 Å². The van der Waals surface area contributed by atoms with E-state index < -0.39 is 0 Å². The van der Waals surface area contributed by atoms with Gasteiger partial charge in [0.05, 0.1) is 23.8 Å². The van der Waals surface area contributed by atoms with Crippen LogP contribution in [0.25, 0.3) is 0 Å². The number of hydrogen-bond acceptors (Lipinski definition) is 6. The Morgan fingerprint density at radius 3 is 2.65 bits per heavy atom. The number of nitrogens with one attached hydrogen (secondary N) is 2. The van der Waals surface area contributed by atoms with E-state index in [0.717, 1.165) is 16.9 Å². The minimum atomic E-state index is -0.249. The number of fused-ring (bicyclic) bond motifs is 2. The van der Waals surface area contributed by atoms with Crippen molar-refractivity contribution in [2.45, 2.75) is 58.2 Å². The van der Waals surface area contributed by atoms with Crippen LogP contribution in [0.15, 0.2) is 29.5 Å². The molecule has 2 fully saturated rings. The van der Waals surface area contributed by atoms with E-state index in [0.29, 0.717) is 30.0 Å². The average Bonchev–Trinajstić information content (AvgIpc) is 2.97. The first kappa shape index (κ1) is 21.3. The molecule has 0 aromatic carbocycles. The monoisotopic (exact) mass is 424 g/mol. The van der Waals surface area contributed by atoms with Crippen molar-refractivity contribution in [3.8, 4) is 0 Å². The molecule has 31 heavy (non-hydrogen) atoms. The summed E-state index contributed by atoms with van der Waals surface area (Å²) in [7, 11) is 3.87. The van der Waals surface area contributed by atoms with Crippen LogP contribution in [-0.4, -0.2) is 40.8 Å². The van der Waals surface area contributed by atoms with Crippen molar-refractivity contribution in [3.05, 3.63) is 46.1 Å². The van der Waals surface area contributed by atoms with E-state index >= 15 is 0 Å². The summed E-state index contributed by atoms with van der Waals surface area (Å²) in [5.74, 6) is 1.15. The summed E-state index contributed by atoms with van der Waals surface area (Å²) in [5.41, 5.74) is 3.11. The smallest absolute Gasteiger partial charge is 0.272 e. The van der Waals surface area contributed by atoms with Crippen LogP contribution in [0.4, 0.5) is 11.4 Å². The quantitative estimate of drug-likeness (QED) is 0.709. The van der Waals surface area contributed by atoms with Gasteiger partial charge >= 0.3 is 0 Å². The molecule has 2 aliphatic rings. The van der Waals surface area contributed by atoms with Gasteiger partial charge < -0.3 is 15.5 Å². The third-order valence-electron chi connectivity index (χ3n) is 6.82. The Morgan fingerprint density at radius 2 is 1.94 bits per heavy atom. The van der Waals surface area contributed by atoms with E-state index in [1.807, 2.05) is 32.0 Å². The second-order valence-electron chi connectivity index (χ2n) is 9.02. The van der Waals surface area contributed by atoms with Crippen molar-refractivity contribution in [2.24, 2.45) is 11.8 Å². The molecular weight excluding hydrogens is 392 g/mol. The first-order chi connectivity index (χ1) is 14.9. The van der Waals surface area contributed by atoms with Gasteiger partial charge in [0, 0.05) is 38.4 Å². The summed E-state index contributed by atoms with van der Waals surface area (Å²) >= 11 is 0. The fourth-order valence-electron chi connectivity index (χ4n) is 5.07. The van der Waals surface area contributed by atoms with Gasteiger partial charge in [0.2, 0.25) is 5.91 Å². The number of rotatable bonds is 7. The molecule has 2 N–H and O–H groups in total. The predicted molar refractivity (Wildman–Crippen MR) is 121 cm³/mol. The first-order valence-corrected chi connectivity index (χ1v) is 11.1. The highest BCUT2D eigenvalue weighted by molar-refractivity contribution is 5.76. The molecule has 1 amide bonds. The van der Waals surface area contributed by atoms with Crippen molar-refractivity contribution in [2.75, 3.05) is 24.3 Å². The fraction of sp³-hybridized carbons (Fsp3) is 0.565. The Hall–Kier alpha value is -2.90. The highest BCUT2D eigenvalue weighted by Gasteiger charge is 2.39. The molecular formula is C23H32N6O2. The molecule has 4 rings (SSSR count). The molecule has 0 saturated heterocycles. The van der Waals surface area contributed by atoms with Crippen molar-refractivity contribution in [1.29, 1.82) is 0 Å². The molecule has 2 saturated carbocycles. The zero-order valence-corrected chi connectivity index (χ0v) is 18.6. The average molecular weight is 425 g/mol. The Kier molecular flexibility index (Phi) is 6.25. The first-order valence-electron chi connectivity index (χ1n) is 11.1. The molecule has 0 radical (unpaired) electrons. The SMILES string of the molecule is Cc1c(NC2C3CCCC2CC3)cnn(CC(=O)NCc2ccncc2N(C)C)c1=O. The lowest BCUT2D eigenvalue weighted by Crippen LogP contribution is -2.37. The van der Waals surface area contributed by atoms with Gasteiger partial charge in [0.1, 0.15) is 6.54 Å². The Bertz CT molecular complexity index is 986. The molecule has 2 unspecified atom stereocenters. The summed E-state index contributed by atoms with van der Waals surface area (Å²) in [6.45, 7) is 2.08. The van der Waals surface area contributed by atoms with Crippen molar-refractivity contribution in [3.63, 3.8) is 0 Å². The van der Waals surface area contributed by atoms with Crippen LogP contribution in [-0.2, 0) is 17.9 Å². The second-order valence-corrected chi connectivity index (χ2v) is 9.02. The van der Waals surface area contributed by atoms with Crippen LogP contribution in [0, 0.1) is 18.8 Å². The maximum atomic E-state index is 12.8. The third-order valence-corrected chi connectivity index (χ3v) is 6.82. The van der Waals surface area contributed by atoms with Crippen LogP contribution < -0.4 is 21.1 Å². The van der Waals surface area contributed by atoms with Crippen LogP contribution >= 0.6 is 0 Å². The summed E-state index contributed by atoms with van der Waals surface area (Å²) in [6, 6.07) is 2.32. The minimum absolute atomic E-state index is 0.100. The molecule has 8 nitrogen and oxygen atoms in total. The summed E-state index contributed by atoms with van der Waals surface area (Å²) in [6.07, 6.45) is 11.6.